The third kappa shape index (κ3) is 3.22. The Bertz CT molecular complexity index is 453. The Balaban J connectivity index is 2.89. The SMILES string of the molecule is Nc1cnc(NCC(F)(F)C(F)F)c(C(=O)O)c1. The molecule has 1 aromatic rings. The van der Waals surface area contributed by atoms with Crippen molar-refractivity contribution in [2.24, 2.45) is 0 Å². The predicted octanol–water partition coefficient (Wildman–Crippen LogP) is 1.67. The molecule has 1 rings (SSSR count). The number of nitrogen functional groups attached to an aromatic ring is 1. The van der Waals surface area contributed by atoms with E-state index in [0.29, 0.717) is 0 Å². The number of nitrogens with zero attached hydrogens (tertiary/aromatic N) is 1. The van der Waals surface area contributed by atoms with E-state index in [1.807, 2.05) is 5.32 Å². The fraction of sp³-hybridized carbons (Fsp3) is 0.333. The average Bonchev–Trinajstić information content (AvgIpc) is 2.27. The lowest BCUT2D eigenvalue weighted by atomic mass is 10.2. The second kappa shape index (κ2) is 5.07. The first-order chi connectivity index (χ1) is 8.24. The molecule has 0 saturated heterocycles. The number of nitrogens with two attached hydrogens (primary N) is 1. The zero-order chi connectivity index (χ0) is 13.9. The van der Waals surface area contributed by atoms with Crippen molar-refractivity contribution in [3.8, 4) is 0 Å². The van der Waals surface area contributed by atoms with Crippen molar-refractivity contribution in [1.29, 1.82) is 0 Å². The predicted molar refractivity (Wildman–Crippen MR) is 55.0 cm³/mol. The van der Waals surface area contributed by atoms with Gasteiger partial charge >= 0.3 is 18.3 Å². The van der Waals surface area contributed by atoms with Gasteiger partial charge in [-0.15, -0.1) is 0 Å². The second-order valence-electron chi connectivity index (χ2n) is 3.39. The van der Waals surface area contributed by atoms with E-state index in [-0.39, 0.29) is 5.69 Å². The summed E-state index contributed by atoms with van der Waals surface area (Å²) in [5.74, 6) is -6.19. The molecule has 0 amide bonds. The summed E-state index contributed by atoms with van der Waals surface area (Å²) in [6.07, 6.45) is -2.83. The van der Waals surface area contributed by atoms with E-state index < -0.39 is 36.2 Å². The Labute approximate surface area is 98.6 Å². The quantitative estimate of drug-likeness (QED) is 0.706. The first-order valence-corrected chi connectivity index (χ1v) is 4.62. The molecule has 0 aromatic carbocycles. The van der Waals surface area contributed by atoms with Gasteiger partial charge in [0.2, 0.25) is 0 Å². The van der Waals surface area contributed by atoms with Gasteiger partial charge in [0.15, 0.2) is 0 Å². The van der Waals surface area contributed by atoms with E-state index in [2.05, 4.69) is 4.98 Å². The minimum Gasteiger partial charge on any atom is -0.478 e. The summed E-state index contributed by atoms with van der Waals surface area (Å²) in [5.41, 5.74) is 4.81. The fourth-order valence-corrected chi connectivity index (χ4v) is 1.06. The molecule has 18 heavy (non-hydrogen) atoms. The van der Waals surface area contributed by atoms with Crippen LogP contribution in [0.25, 0.3) is 0 Å². The second-order valence-corrected chi connectivity index (χ2v) is 3.39. The molecule has 5 nitrogen and oxygen atoms in total. The van der Waals surface area contributed by atoms with Crippen molar-refractivity contribution >= 4 is 17.5 Å². The third-order valence-electron chi connectivity index (χ3n) is 1.95. The van der Waals surface area contributed by atoms with Gasteiger partial charge in [-0.25, -0.2) is 18.6 Å². The van der Waals surface area contributed by atoms with E-state index in [4.69, 9.17) is 10.8 Å². The van der Waals surface area contributed by atoms with Crippen molar-refractivity contribution in [3.63, 3.8) is 0 Å². The number of carbonyl (C=O) groups is 1. The van der Waals surface area contributed by atoms with Gasteiger partial charge in [0.1, 0.15) is 11.4 Å². The topological polar surface area (TPSA) is 88.2 Å². The maximum Gasteiger partial charge on any atom is 0.339 e. The molecule has 0 radical (unpaired) electrons. The molecule has 0 spiro atoms. The van der Waals surface area contributed by atoms with Crippen LogP contribution in [0, 0.1) is 0 Å². The van der Waals surface area contributed by atoms with Crippen molar-refractivity contribution in [2.45, 2.75) is 12.3 Å². The molecular weight excluding hydrogens is 258 g/mol. The number of halogens is 4. The zero-order valence-electron chi connectivity index (χ0n) is 8.83. The van der Waals surface area contributed by atoms with Gasteiger partial charge in [0.05, 0.1) is 18.4 Å². The van der Waals surface area contributed by atoms with Crippen molar-refractivity contribution < 1.29 is 27.5 Å². The van der Waals surface area contributed by atoms with Gasteiger partial charge in [-0.3, -0.25) is 0 Å². The zero-order valence-corrected chi connectivity index (χ0v) is 8.83. The minimum absolute atomic E-state index is 0.0126. The molecule has 0 atom stereocenters. The van der Waals surface area contributed by atoms with E-state index in [0.717, 1.165) is 12.3 Å². The first kappa shape index (κ1) is 14.0. The van der Waals surface area contributed by atoms with Crippen LogP contribution in [0.5, 0.6) is 0 Å². The number of aromatic carboxylic acids is 1. The minimum atomic E-state index is -4.28. The Morgan fingerprint density at radius 2 is 2.17 bits per heavy atom. The lowest BCUT2D eigenvalue weighted by Gasteiger charge is -2.17. The summed E-state index contributed by atoms with van der Waals surface area (Å²) in [5, 5.41) is 10.6. The molecule has 0 aliphatic carbocycles. The summed E-state index contributed by atoms with van der Waals surface area (Å²) in [6.45, 7) is -1.43. The molecule has 1 heterocycles. The monoisotopic (exact) mass is 267 g/mol. The fourth-order valence-electron chi connectivity index (χ4n) is 1.06. The van der Waals surface area contributed by atoms with Gasteiger partial charge in [-0.05, 0) is 6.07 Å². The van der Waals surface area contributed by atoms with Gasteiger partial charge in [0.25, 0.3) is 0 Å². The largest absolute Gasteiger partial charge is 0.478 e. The number of carboxylic acid groups (broad SMARTS) is 1. The van der Waals surface area contributed by atoms with Gasteiger partial charge < -0.3 is 16.2 Å². The van der Waals surface area contributed by atoms with Crippen molar-refractivity contribution in [2.75, 3.05) is 17.6 Å². The van der Waals surface area contributed by atoms with E-state index in [1.165, 1.54) is 0 Å². The lowest BCUT2D eigenvalue weighted by molar-refractivity contribution is -0.117. The number of alkyl halides is 4. The number of anilines is 2. The van der Waals surface area contributed by atoms with Crippen LogP contribution < -0.4 is 11.1 Å². The first-order valence-electron chi connectivity index (χ1n) is 4.62. The Kier molecular flexibility index (Phi) is 3.94. The highest BCUT2D eigenvalue weighted by atomic mass is 19.3. The van der Waals surface area contributed by atoms with Crippen molar-refractivity contribution in [3.05, 3.63) is 17.8 Å². The van der Waals surface area contributed by atoms with Crippen LogP contribution in [0.2, 0.25) is 0 Å². The molecule has 0 bridgehead atoms. The maximum atomic E-state index is 12.6. The number of carboxylic acids is 1. The van der Waals surface area contributed by atoms with Gasteiger partial charge in [0, 0.05) is 0 Å². The highest BCUT2D eigenvalue weighted by Gasteiger charge is 2.40. The Morgan fingerprint density at radius 1 is 1.56 bits per heavy atom. The van der Waals surface area contributed by atoms with E-state index in [1.54, 1.807) is 0 Å². The summed E-state index contributed by atoms with van der Waals surface area (Å²) in [6, 6.07) is 0.984. The third-order valence-corrected chi connectivity index (χ3v) is 1.95. The lowest BCUT2D eigenvalue weighted by Crippen LogP contribution is -2.35. The van der Waals surface area contributed by atoms with Crippen molar-refractivity contribution in [1.82, 2.24) is 4.98 Å². The molecule has 0 unspecified atom stereocenters. The standard InChI is InChI=1S/C9H9F4N3O2/c10-8(11)9(12,13)3-16-6-5(7(17)18)1-4(14)2-15-6/h1-2,8H,3,14H2,(H,15,16)(H,17,18). The highest BCUT2D eigenvalue weighted by Crippen LogP contribution is 2.24. The Hall–Kier alpha value is -2.06. The molecule has 4 N–H and O–H groups in total. The van der Waals surface area contributed by atoms with Crippen LogP contribution >= 0.6 is 0 Å². The molecular formula is C9H9F4N3O2. The molecule has 0 fully saturated rings. The Morgan fingerprint density at radius 3 is 2.67 bits per heavy atom. The molecule has 9 heteroatoms. The molecule has 0 aliphatic heterocycles. The number of hydrogen-bond acceptors (Lipinski definition) is 4. The summed E-state index contributed by atoms with van der Waals surface area (Å²) >= 11 is 0. The summed E-state index contributed by atoms with van der Waals surface area (Å²) < 4.78 is 49.0. The van der Waals surface area contributed by atoms with E-state index in [9.17, 15) is 22.4 Å². The van der Waals surface area contributed by atoms with Crippen LogP contribution in [0.3, 0.4) is 0 Å². The van der Waals surface area contributed by atoms with Crippen LogP contribution in [0.15, 0.2) is 12.3 Å². The summed E-state index contributed by atoms with van der Waals surface area (Å²) in [4.78, 5) is 14.2. The smallest absolute Gasteiger partial charge is 0.339 e. The maximum absolute atomic E-state index is 12.6. The highest BCUT2D eigenvalue weighted by molar-refractivity contribution is 5.94. The van der Waals surface area contributed by atoms with Crippen LogP contribution in [0.1, 0.15) is 10.4 Å². The molecule has 100 valence electrons. The number of aromatic nitrogens is 1. The summed E-state index contributed by atoms with van der Waals surface area (Å²) in [7, 11) is 0. The van der Waals surface area contributed by atoms with Crippen LogP contribution in [-0.4, -0.2) is 35.0 Å². The molecule has 0 saturated carbocycles. The average molecular weight is 267 g/mol. The van der Waals surface area contributed by atoms with Crippen LogP contribution in [0.4, 0.5) is 29.1 Å². The molecule has 1 aromatic heterocycles. The normalized spacial score (nSPS) is 11.6. The van der Waals surface area contributed by atoms with Gasteiger partial charge in [-0.2, -0.15) is 8.78 Å². The number of hydrogen-bond donors (Lipinski definition) is 3. The van der Waals surface area contributed by atoms with Crippen LogP contribution in [-0.2, 0) is 0 Å². The number of nitrogens with one attached hydrogen (secondary N) is 1. The molecule has 0 aliphatic rings. The number of rotatable bonds is 5. The van der Waals surface area contributed by atoms with Gasteiger partial charge in [-0.1, -0.05) is 0 Å². The van der Waals surface area contributed by atoms with E-state index >= 15 is 0 Å². The number of pyridine rings is 1.